The van der Waals surface area contributed by atoms with Gasteiger partial charge in [0.1, 0.15) is 12.4 Å². The Morgan fingerprint density at radius 1 is 1.29 bits per heavy atom. The molecule has 2 aromatic heterocycles. The molecular formula is C19H22N6O3. The second kappa shape index (κ2) is 7.63. The summed E-state index contributed by atoms with van der Waals surface area (Å²) in [7, 11) is 1.61. The number of fused-ring (bicyclic) bond motifs is 1. The number of nitrogens with one attached hydrogen (secondary N) is 1. The van der Waals surface area contributed by atoms with Crippen LogP contribution in [0.5, 0.6) is 0 Å². The van der Waals surface area contributed by atoms with E-state index in [1.165, 1.54) is 6.33 Å². The van der Waals surface area contributed by atoms with Crippen molar-refractivity contribution >= 4 is 22.9 Å². The lowest BCUT2D eigenvalue weighted by Gasteiger charge is -2.20. The molecule has 0 aliphatic carbocycles. The highest BCUT2D eigenvalue weighted by Gasteiger charge is 2.43. The van der Waals surface area contributed by atoms with Crippen LogP contribution in [-0.4, -0.2) is 50.8 Å². The molecule has 28 heavy (non-hydrogen) atoms. The van der Waals surface area contributed by atoms with Crippen molar-refractivity contribution in [3.05, 3.63) is 48.5 Å². The van der Waals surface area contributed by atoms with E-state index in [9.17, 15) is 4.79 Å². The van der Waals surface area contributed by atoms with Gasteiger partial charge in [0.2, 0.25) is 0 Å². The van der Waals surface area contributed by atoms with E-state index in [2.05, 4.69) is 20.3 Å². The van der Waals surface area contributed by atoms with Crippen molar-refractivity contribution < 1.29 is 14.3 Å². The third-order valence-corrected chi connectivity index (χ3v) is 4.98. The number of anilines is 1. The van der Waals surface area contributed by atoms with Gasteiger partial charge in [0.15, 0.2) is 23.2 Å². The van der Waals surface area contributed by atoms with Gasteiger partial charge in [-0.05, 0) is 18.6 Å². The van der Waals surface area contributed by atoms with Crippen LogP contribution >= 0.6 is 0 Å². The molecular weight excluding hydrogens is 360 g/mol. The molecule has 1 unspecified atom stereocenters. The molecule has 3 heterocycles. The highest BCUT2D eigenvalue weighted by atomic mass is 16.6. The molecule has 1 aliphatic heterocycles. The summed E-state index contributed by atoms with van der Waals surface area (Å²) in [6, 6.07) is 8.66. The SMILES string of the molecule is CC[C@H]1O[C@@H](n2cnc3c(NC(=O)c4ccccc4)ncnc32)C(OC)[C@H]1N. The zero-order valence-corrected chi connectivity index (χ0v) is 15.6. The molecule has 4 atom stereocenters. The van der Waals surface area contributed by atoms with E-state index in [4.69, 9.17) is 15.2 Å². The fourth-order valence-corrected chi connectivity index (χ4v) is 3.51. The Labute approximate surface area is 161 Å². The Morgan fingerprint density at radius 3 is 2.79 bits per heavy atom. The van der Waals surface area contributed by atoms with Crippen LogP contribution in [0, 0.1) is 0 Å². The number of imidazole rings is 1. The maximum absolute atomic E-state index is 12.5. The van der Waals surface area contributed by atoms with E-state index in [0.29, 0.717) is 22.5 Å². The van der Waals surface area contributed by atoms with Crippen molar-refractivity contribution in [3.8, 4) is 0 Å². The molecule has 146 valence electrons. The topological polar surface area (TPSA) is 117 Å². The Bertz CT molecular complexity index is 976. The number of methoxy groups -OCH3 is 1. The normalized spacial score (nSPS) is 24.5. The van der Waals surface area contributed by atoms with Crippen LogP contribution in [0.15, 0.2) is 43.0 Å². The predicted octanol–water partition coefficient (Wildman–Crippen LogP) is 1.73. The monoisotopic (exact) mass is 382 g/mol. The Balaban J connectivity index is 1.66. The quantitative estimate of drug-likeness (QED) is 0.690. The van der Waals surface area contributed by atoms with E-state index >= 15 is 0 Å². The maximum atomic E-state index is 12.5. The first-order valence-electron chi connectivity index (χ1n) is 9.11. The van der Waals surface area contributed by atoms with Crippen molar-refractivity contribution in [2.75, 3.05) is 12.4 Å². The van der Waals surface area contributed by atoms with Crippen molar-refractivity contribution in [2.24, 2.45) is 5.73 Å². The van der Waals surface area contributed by atoms with Crippen molar-refractivity contribution in [2.45, 2.75) is 37.8 Å². The molecule has 3 N–H and O–H groups in total. The first-order chi connectivity index (χ1) is 13.6. The van der Waals surface area contributed by atoms with Gasteiger partial charge >= 0.3 is 0 Å². The van der Waals surface area contributed by atoms with Crippen molar-refractivity contribution in [3.63, 3.8) is 0 Å². The summed E-state index contributed by atoms with van der Waals surface area (Å²) >= 11 is 0. The molecule has 1 aromatic carbocycles. The average molecular weight is 382 g/mol. The van der Waals surface area contributed by atoms with Crippen molar-refractivity contribution in [1.82, 2.24) is 19.5 Å². The third-order valence-electron chi connectivity index (χ3n) is 4.98. The van der Waals surface area contributed by atoms with Crippen LogP contribution in [0.4, 0.5) is 5.82 Å². The molecule has 0 bridgehead atoms. The first kappa shape index (κ1) is 18.5. The molecule has 4 rings (SSSR count). The van der Waals surface area contributed by atoms with Crippen molar-refractivity contribution in [1.29, 1.82) is 0 Å². The number of nitrogens with two attached hydrogens (primary N) is 1. The van der Waals surface area contributed by atoms with Gasteiger partial charge in [0, 0.05) is 12.7 Å². The largest absolute Gasteiger partial charge is 0.375 e. The lowest BCUT2D eigenvalue weighted by atomic mass is 10.1. The number of aromatic nitrogens is 4. The van der Waals surface area contributed by atoms with Gasteiger partial charge in [-0.3, -0.25) is 9.36 Å². The lowest BCUT2D eigenvalue weighted by molar-refractivity contribution is -0.0482. The fraction of sp³-hybridized carbons (Fsp3) is 0.368. The van der Waals surface area contributed by atoms with Crippen LogP contribution in [0.2, 0.25) is 0 Å². The number of rotatable bonds is 5. The fourth-order valence-electron chi connectivity index (χ4n) is 3.51. The van der Waals surface area contributed by atoms with Gasteiger partial charge in [-0.25, -0.2) is 15.0 Å². The number of carbonyl (C=O) groups excluding carboxylic acids is 1. The highest BCUT2D eigenvalue weighted by molar-refractivity contribution is 6.06. The minimum atomic E-state index is -0.456. The average Bonchev–Trinajstić information content (AvgIpc) is 3.29. The van der Waals surface area contributed by atoms with Gasteiger partial charge in [-0.15, -0.1) is 0 Å². The third kappa shape index (κ3) is 3.13. The summed E-state index contributed by atoms with van der Waals surface area (Å²) in [5, 5.41) is 2.80. The number of amides is 1. The van der Waals surface area contributed by atoms with E-state index in [0.717, 1.165) is 6.42 Å². The Hall–Kier alpha value is -2.88. The molecule has 1 saturated heterocycles. The lowest BCUT2D eigenvalue weighted by Crippen LogP contribution is -2.40. The number of ether oxygens (including phenoxy) is 2. The smallest absolute Gasteiger partial charge is 0.256 e. The summed E-state index contributed by atoms with van der Waals surface area (Å²) in [4.78, 5) is 25.4. The minimum absolute atomic E-state index is 0.119. The predicted molar refractivity (Wildman–Crippen MR) is 103 cm³/mol. The summed E-state index contributed by atoms with van der Waals surface area (Å²) in [5.41, 5.74) is 7.81. The molecule has 0 spiro atoms. The molecule has 9 nitrogen and oxygen atoms in total. The van der Waals surface area contributed by atoms with Gasteiger partial charge in [0.25, 0.3) is 5.91 Å². The molecule has 1 amide bonds. The second-order valence-electron chi connectivity index (χ2n) is 6.62. The zero-order chi connectivity index (χ0) is 19.7. The van der Waals surface area contributed by atoms with Crippen LogP contribution in [0.1, 0.15) is 29.9 Å². The Morgan fingerprint density at radius 2 is 2.07 bits per heavy atom. The number of benzene rings is 1. The zero-order valence-electron chi connectivity index (χ0n) is 15.6. The summed E-state index contributed by atoms with van der Waals surface area (Å²) in [6.07, 6.45) is 2.86. The highest BCUT2D eigenvalue weighted by Crippen LogP contribution is 2.34. The molecule has 1 fully saturated rings. The summed E-state index contributed by atoms with van der Waals surface area (Å²) in [5.74, 6) is 0.0658. The standard InChI is InChI=1S/C19H22N6O3/c1-3-12-13(20)15(27-2)19(28-12)25-10-23-14-16(21-9-22-17(14)25)24-18(26)11-7-5-4-6-8-11/h4-10,12-13,15,19H,3,20H2,1-2H3,(H,21,22,24,26)/t12-,13+,15?,19-/m1/s1. The van der Waals surface area contributed by atoms with Crippen LogP contribution in [0.3, 0.4) is 0 Å². The van der Waals surface area contributed by atoms with Gasteiger partial charge in [-0.1, -0.05) is 25.1 Å². The molecule has 3 aromatic rings. The minimum Gasteiger partial charge on any atom is -0.375 e. The maximum Gasteiger partial charge on any atom is 0.256 e. The van der Waals surface area contributed by atoms with Crippen LogP contribution < -0.4 is 11.1 Å². The molecule has 0 saturated carbocycles. The molecule has 1 aliphatic rings. The van der Waals surface area contributed by atoms with Gasteiger partial charge in [0.05, 0.1) is 18.5 Å². The second-order valence-corrected chi connectivity index (χ2v) is 6.62. The number of carbonyl (C=O) groups is 1. The first-order valence-corrected chi connectivity index (χ1v) is 9.11. The number of hydrogen-bond acceptors (Lipinski definition) is 7. The summed E-state index contributed by atoms with van der Waals surface area (Å²) < 4.78 is 13.5. The summed E-state index contributed by atoms with van der Waals surface area (Å²) in [6.45, 7) is 2.02. The van der Waals surface area contributed by atoms with Crippen LogP contribution in [0.25, 0.3) is 11.2 Å². The number of nitrogens with zero attached hydrogens (tertiary/aromatic N) is 4. The van der Waals surface area contributed by atoms with Gasteiger partial charge in [-0.2, -0.15) is 0 Å². The van der Waals surface area contributed by atoms with E-state index in [1.807, 2.05) is 13.0 Å². The van der Waals surface area contributed by atoms with E-state index in [1.54, 1.807) is 42.3 Å². The Kier molecular flexibility index (Phi) is 5.03. The molecule has 9 heteroatoms. The molecule has 0 radical (unpaired) electrons. The van der Waals surface area contributed by atoms with Crippen LogP contribution in [-0.2, 0) is 9.47 Å². The van der Waals surface area contributed by atoms with E-state index in [-0.39, 0.29) is 24.2 Å². The number of hydrogen-bond donors (Lipinski definition) is 2. The van der Waals surface area contributed by atoms with E-state index < -0.39 is 6.23 Å². The van der Waals surface area contributed by atoms with Gasteiger partial charge < -0.3 is 20.5 Å².